The molecule has 0 aromatic carbocycles. The fourth-order valence-electron chi connectivity index (χ4n) is 0.0713. The number of carbonyl (C=O) groups is 2. The lowest BCUT2D eigenvalue weighted by Gasteiger charge is -1.90. The van der Waals surface area contributed by atoms with Crippen LogP contribution in [0.2, 0.25) is 0 Å². The van der Waals surface area contributed by atoms with E-state index in [1.807, 2.05) is 0 Å². The number of carboxylic acid groups (broad SMARTS) is 2. The van der Waals surface area contributed by atoms with E-state index >= 15 is 0 Å². The Labute approximate surface area is 72.9 Å². The van der Waals surface area contributed by atoms with E-state index in [0.29, 0.717) is 0 Å². The van der Waals surface area contributed by atoms with Crippen LogP contribution in [0.1, 0.15) is 6.92 Å². The summed E-state index contributed by atoms with van der Waals surface area (Å²) < 4.78 is 0. The highest BCUT2D eigenvalue weighted by atomic mass is 17.2. The maximum Gasteiger partial charge on any atom is 0.547 e. The largest absolute Gasteiger partial charge is 0.547 e. The second-order valence-electron chi connectivity index (χ2n) is 1.73. The van der Waals surface area contributed by atoms with E-state index in [1.165, 1.54) is 6.92 Å². The minimum absolute atomic E-state index is 0.139. The van der Waals surface area contributed by atoms with Gasteiger partial charge in [0.15, 0.2) is 0 Å². The van der Waals surface area contributed by atoms with Gasteiger partial charge in [-0.15, -0.1) is 0 Å². The molecular weight excluding hydrogens is 188 g/mol. The van der Waals surface area contributed by atoms with Gasteiger partial charge in [-0.05, 0) is 6.92 Å². The molecule has 0 rings (SSSR count). The van der Waals surface area contributed by atoms with E-state index in [2.05, 4.69) is 9.78 Å². The summed E-state index contributed by atoms with van der Waals surface area (Å²) in [5.41, 5.74) is 0. The van der Waals surface area contributed by atoms with Gasteiger partial charge in [0.05, 0.1) is 12.7 Å². The van der Waals surface area contributed by atoms with Crippen LogP contribution in [0, 0.1) is 0 Å². The molecule has 8 heteroatoms. The van der Waals surface area contributed by atoms with Crippen molar-refractivity contribution in [2.45, 2.75) is 13.0 Å². The van der Waals surface area contributed by atoms with Crippen molar-refractivity contribution in [2.24, 2.45) is 0 Å². The first kappa shape index (κ1) is 14.0. The zero-order valence-electron chi connectivity index (χ0n) is 6.71. The van der Waals surface area contributed by atoms with Gasteiger partial charge in [-0.1, -0.05) is 0 Å². The first-order valence-corrected chi connectivity index (χ1v) is 2.99. The van der Waals surface area contributed by atoms with Crippen LogP contribution in [-0.4, -0.2) is 45.4 Å². The highest BCUT2D eigenvalue weighted by Crippen LogP contribution is 1.78. The van der Waals surface area contributed by atoms with Gasteiger partial charge in [-0.25, -0.2) is 19.4 Å². The first-order valence-electron chi connectivity index (χ1n) is 2.99. The molecule has 0 saturated carbocycles. The van der Waals surface area contributed by atoms with Gasteiger partial charge in [0, 0.05) is 0 Å². The minimum Gasteiger partial charge on any atom is -0.447 e. The SMILES string of the molecule is CC(O)CO.O=C(O)OOC(=O)O. The average molecular weight is 198 g/mol. The first-order chi connectivity index (χ1) is 5.90. The van der Waals surface area contributed by atoms with Crippen LogP contribution >= 0.6 is 0 Å². The number of aliphatic hydroxyl groups excluding tert-OH is 2. The Morgan fingerprint density at radius 2 is 1.46 bits per heavy atom. The lowest BCUT2D eigenvalue weighted by molar-refractivity contribution is -0.208. The predicted molar refractivity (Wildman–Crippen MR) is 37.0 cm³/mol. The van der Waals surface area contributed by atoms with E-state index in [4.69, 9.17) is 20.4 Å². The van der Waals surface area contributed by atoms with Gasteiger partial charge < -0.3 is 20.4 Å². The van der Waals surface area contributed by atoms with Crippen LogP contribution < -0.4 is 0 Å². The lowest BCUT2D eigenvalue weighted by Crippen LogP contribution is -2.05. The summed E-state index contributed by atoms with van der Waals surface area (Å²) in [7, 11) is 0. The monoisotopic (exact) mass is 198 g/mol. The van der Waals surface area contributed by atoms with Crippen molar-refractivity contribution in [3.8, 4) is 0 Å². The fraction of sp³-hybridized carbons (Fsp3) is 0.600. The molecule has 0 aromatic rings. The van der Waals surface area contributed by atoms with Crippen LogP contribution in [0.15, 0.2) is 0 Å². The smallest absolute Gasteiger partial charge is 0.447 e. The Hall–Kier alpha value is -1.54. The number of hydrogen-bond donors (Lipinski definition) is 4. The maximum absolute atomic E-state index is 9.29. The third kappa shape index (κ3) is 25.1. The lowest BCUT2D eigenvalue weighted by atomic mass is 10.5. The number of aliphatic hydroxyl groups is 2. The van der Waals surface area contributed by atoms with Crippen molar-refractivity contribution < 1.29 is 39.8 Å². The molecule has 0 amide bonds. The van der Waals surface area contributed by atoms with Crippen molar-refractivity contribution in [1.29, 1.82) is 0 Å². The summed E-state index contributed by atoms with van der Waals surface area (Å²) in [4.78, 5) is 24.8. The standard InChI is InChI=1S/C3H8O2.C2H2O6/c1-3(5)2-4;3-1(4)7-8-2(5)6/h3-5H,2H2,1H3;(H,3,4)(H,5,6). The van der Waals surface area contributed by atoms with Crippen LogP contribution in [0.5, 0.6) is 0 Å². The van der Waals surface area contributed by atoms with Gasteiger partial charge in [0.1, 0.15) is 0 Å². The zero-order chi connectivity index (χ0) is 10.9. The molecule has 0 radical (unpaired) electrons. The quantitative estimate of drug-likeness (QED) is 0.331. The molecule has 0 spiro atoms. The Kier molecular flexibility index (Phi) is 9.22. The highest BCUT2D eigenvalue weighted by molar-refractivity contribution is 5.60. The van der Waals surface area contributed by atoms with Crippen LogP contribution in [0.25, 0.3) is 0 Å². The molecule has 0 saturated heterocycles. The van der Waals surface area contributed by atoms with Gasteiger partial charge in [-0.3, -0.25) is 0 Å². The summed E-state index contributed by atoms with van der Waals surface area (Å²) in [6.45, 7) is 1.39. The third-order valence-corrected chi connectivity index (χ3v) is 0.448. The second-order valence-corrected chi connectivity index (χ2v) is 1.73. The summed E-state index contributed by atoms with van der Waals surface area (Å²) in [5, 5.41) is 31.1. The molecule has 13 heavy (non-hydrogen) atoms. The summed E-state index contributed by atoms with van der Waals surface area (Å²) in [6, 6.07) is 0. The molecule has 0 heterocycles. The molecule has 0 aliphatic heterocycles. The summed E-state index contributed by atoms with van der Waals surface area (Å²) in [6.07, 6.45) is -4.16. The Morgan fingerprint density at radius 1 is 1.23 bits per heavy atom. The van der Waals surface area contributed by atoms with E-state index in [-0.39, 0.29) is 6.61 Å². The minimum atomic E-state index is -1.80. The van der Waals surface area contributed by atoms with Crippen molar-refractivity contribution >= 4 is 12.3 Å². The average Bonchev–Trinajstić information content (AvgIpc) is 2.02. The van der Waals surface area contributed by atoms with Crippen LogP contribution in [0.4, 0.5) is 9.59 Å². The number of rotatable bonds is 1. The fourth-order valence-corrected chi connectivity index (χ4v) is 0.0713. The molecule has 0 fully saturated rings. The highest BCUT2D eigenvalue weighted by Gasteiger charge is 2.01. The van der Waals surface area contributed by atoms with E-state index in [1.54, 1.807) is 0 Å². The number of hydrogen-bond acceptors (Lipinski definition) is 6. The third-order valence-electron chi connectivity index (χ3n) is 0.448. The van der Waals surface area contributed by atoms with Gasteiger partial charge >= 0.3 is 12.3 Å². The van der Waals surface area contributed by atoms with Gasteiger partial charge in [-0.2, -0.15) is 0 Å². The topological polar surface area (TPSA) is 134 Å². The molecule has 0 aliphatic rings. The van der Waals surface area contributed by atoms with Crippen molar-refractivity contribution in [3.05, 3.63) is 0 Å². The molecule has 1 unspecified atom stereocenters. The molecule has 4 N–H and O–H groups in total. The van der Waals surface area contributed by atoms with Crippen LogP contribution in [-0.2, 0) is 9.78 Å². The van der Waals surface area contributed by atoms with Crippen molar-refractivity contribution in [2.75, 3.05) is 6.61 Å². The van der Waals surface area contributed by atoms with Crippen molar-refractivity contribution in [1.82, 2.24) is 0 Å². The molecule has 0 aromatic heterocycles. The predicted octanol–water partition coefficient (Wildman–Crippen LogP) is -0.350. The summed E-state index contributed by atoms with van der Waals surface area (Å²) >= 11 is 0. The normalized spacial score (nSPS) is 10.4. The Bertz CT molecular complexity index is 139. The maximum atomic E-state index is 9.29. The van der Waals surface area contributed by atoms with E-state index in [9.17, 15) is 9.59 Å². The Morgan fingerprint density at radius 3 is 1.54 bits per heavy atom. The van der Waals surface area contributed by atoms with Crippen LogP contribution in [0.3, 0.4) is 0 Å². The molecular formula is C5H10O8. The van der Waals surface area contributed by atoms with Gasteiger partial charge in [0.2, 0.25) is 0 Å². The summed E-state index contributed by atoms with van der Waals surface area (Å²) in [5.74, 6) is 0. The van der Waals surface area contributed by atoms with Crippen molar-refractivity contribution in [3.63, 3.8) is 0 Å². The second kappa shape index (κ2) is 8.56. The van der Waals surface area contributed by atoms with E-state index in [0.717, 1.165) is 0 Å². The zero-order valence-corrected chi connectivity index (χ0v) is 6.71. The van der Waals surface area contributed by atoms with E-state index < -0.39 is 18.4 Å². The molecule has 1 atom stereocenters. The molecule has 0 bridgehead atoms. The molecule has 8 nitrogen and oxygen atoms in total. The van der Waals surface area contributed by atoms with Gasteiger partial charge in [0.25, 0.3) is 0 Å². The molecule has 78 valence electrons. The Balaban J connectivity index is 0. The molecule has 0 aliphatic carbocycles.